The topological polar surface area (TPSA) is 102 Å². The molecule has 0 N–H and O–H groups in total. The van der Waals surface area contributed by atoms with Gasteiger partial charge in [0.15, 0.2) is 0 Å². The van der Waals surface area contributed by atoms with Crippen molar-refractivity contribution >= 4 is 23.2 Å². The number of amides is 2. The molecule has 0 unspecified atom stereocenters. The number of benzene rings is 2. The molecule has 0 spiro atoms. The van der Waals surface area contributed by atoms with Gasteiger partial charge in [-0.3, -0.25) is 9.59 Å². The molecule has 2 aromatic carbocycles. The van der Waals surface area contributed by atoms with E-state index >= 15 is 0 Å². The van der Waals surface area contributed by atoms with Crippen LogP contribution >= 0.6 is 0 Å². The number of hydrogen-bond acceptors (Lipinski definition) is 8. The van der Waals surface area contributed by atoms with Crippen LogP contribution in [0.5, 0.6) is 0 Å². The summed E-state index contributed by atoms with van der Waals surface area (Å²) in [5, 5.41) is 8.61. The fourth-order valence-electron chi connectivity index (χ4n) is 3.86. The van der Waals surface area contributed by atoms with Crippen molar-refractivity contribution < 1.29 is 28.5 Å². The molecule has 1 fully saturated rings. The Morgan fingerprint density at radius 2 is 0.889 bits per heavy atom. The molecule has 3 heterocycles. The molecule has 0 saturated carbocycles. The Morgan fingerprint density at radius 3 is 1.25 bits per heavy atom. The molecule has 3 aliphatic heterocycles. The first-order valence-electron chi connectivity index (χ1n) is 12.2. The minimum absolute atomic E-state index is 0.136. The summed E-state index contributed by atoms with van der Waals surface area (Å²) in [6.45, 7) is 4.74. The van der Waals surface area contributed by atoms with Gasteiger partial charge < -0.3 is 28.7 Å². The number of nitrogens with zero attached hydrogens (tertiary/aromatic N) is 4. The van der Waals surface area contributed by atoms with Gasteiger partial charge in [0.25, 0.3) is 11.8 Å². The Labute approximate surface area is 210 Å². The Morgan fingerprint density at radius 1 is 0.528 bits per heavy atom. The molecule has 5 rings (SSSR count). The number of ether oxygens (including phenoxy) is 4. The highest BCUT2D eigenvalue weighted by molar-refractivity contribution is 5.95. The van der Waals surface area contributed by atoms with Crippen LogP contribution in [0, 0.1) is 0 Å². The summed E-state index contributed by atoms with van der Waals surface area (Å²) >= 11 is 0. The lowest BCUT2D eigenvalue weighted by Crippen LogP contribution is -2.38. The molecule has 10 heteroatoms. The fourth-order valence-corrected chi connectivity index (χ4v) is 3.86. The van der Waals surface area contributed by atoms with Crippen molar-refractivity contribution in [2.75, 3.05) is 79.0 Å². The molecule has 0 radical (unpaired) electrons. The van der Waals surface area contributed by atoms with Crippen LogP contribution in [-0.2, 0) is 18.9 Å². The molecule has 36 heavy (non-hydrogen) atoms. The average molecular weight is 497 g/mol. The van der Waals surface area contributed by atoms with E-state index in [-0.39, 0.29) is 11.8 Å². The third-order valence-electron chi connectivity index (χ3n) is 5.81. The van der Waals surface area contributed by atoms with Crippen molar-refractivity contribution in [2.45, 2.75) is 0 Å². The van der Waals surface area contributed by atoms with Crippen molar-refractivity contribution in [3.8, 4) is 0 Å². The molecule has 1 saturated heterocycles. The molecule has 2 aromatic rings. The van der Waals surface area contributed by atoms with Crippen LogP contribution in [0.3, 0.4) is 0 Å². The number of carbonyl (C=O) groups is 2. The Balaban J connectivity index is 1.67. The number of fused-ring (bicyclic) bond motifs is 14. The summed E-state index contributed by atoms with van der Waals surface area (Å²) in [4.78, 5) is 30.0. The highest BCUT2D eigenvalue weighted by Gasteiger charge is 2.18. The number of rotatable bonds is 0. The Bertz CT molecular complexity index is 945. The normalized spacial score (nSPS) is 19.4. The maximum atomic E-state index is 13.3. The van der Waals surface area contributed by atoms with Gasteiger partial charge in [-0.25, -0.2) is 0 Å². The average Bonchev–Trinajstić information content (AvgIpc) is 2.91. The van der Waals surface area contributed by atoms with Crippen LogP contribution in [0.25, 0.3) is 0 Å². The summed E-state index contributed by atoms with van der Waals surface area (Å²) in [6, 6.07) is 14.0. The van der Waals surface area contributed by atoms with Crippen LogP contribution in [-0.4, -0.2) is 101 Å². The van der Waals surface area contributed by atoms with Crippen LogP contribution in [0.15, 0.2) is 58.8 Å². The molecule has 0 atom stereocenters. The van der Waals surface area contributed by atoms with E-state index in [1.54, 1.807) is 58.3 Å². The second-order valence-electron chi connectivity index (χ2n) is 8.33. The number of carbonyl (C=O) groups excluding carboxylic acids is 2. The standard InChI is InChI=1S/C26H32N4O6/c31-25-21-3-1-5-23(19-21)27-28-24-6-2-4-22(20-24)26(32)30-9-13-35-17-15-33-11-7-29(25)8-12-34-16-18-36-14-10-30/h1-6,19-20H,7-18H2. The van der Waals surface area contributed by atoms with Crippen molar-refractivity contribution in [1.82, 2.24) is 9.80 Å². The second kappa shape index (κ2) is 13.8. The lowest BCUT2D eigenvalue weighted by atomic mass is 10.1. The lowest BCUT2D eigenvalue weighted by molar-refractivity contribution is 0.00889. The lowest BCUT2D eigenvalue weighted by Gasteiger charge is -2.24. The van der Waals surface area contributed by atoms with Gasteiger partial charge in [0.05, 0.1) is 64.2 Å². The van der Waals surface area contributed by atoms with Crippen LogP contribution in [0.1, 0.15) is 20.7 Å². The molecular formula is C26H32N4O6. The van der Waals surface area contributed by atoms with Gasteiger partial charge in [-0.2, -0.15) is 10.2 Å². The summed E-state index contributed by atoms with van der Waals surface area (Å²) < 4.78 is 22.8. The predicted octanol–water partition coefficient (Wildman–Crippen LogP) is 3.08. The van der Waals surface area contributed by atoms with E-state index in [0.717, 1.165) is 0 Å². The minimum Gasteiger partial charge on any atom is -0.377 e. The maximum Gasteiger partial charge on any atom is 0.254 e. The summed E-state index contributed by atoms with van der Waals surface area (Å²) in [6.07, 6.45) is 0. The zero-order valence-electron chi connectivity index (χ0n) is 20.3. The molecule has 2 amide bonds. The van der Waals surface area contributed by atoms with Crippen LogP contribution < -0.4 is 0 Å². The molecule has 6 bridgehead atoms. The smallest absolute Gasteiger partial charge is 0.254 e. The highest BCUT2D eigenvalue weighted by Crippen LogP contribution is 2.22. The Hall–Kier alpha value is -3.18. The first-order valence-corrected chi connectivity index (χ1v) is 12.2. The number of hydrogen-bond donors (Lipinski definition) is 0. The van der Waals surface area contributed by atoms with Gasteiger partial charge in [0, 0.05) is 37.3 Å². The molecule has 0 aromatic heterocycles. The van der Waals surface area contributed by atoms with Crippen molar-refractivity contribution in [3.63, 3.8) is 0 Å². The largest absolute Gasteiger partial charge is 0.377 e. The number of azo groups is 1. The van der Waals surface area contributed by atoms with E-state index in [0.29, 0.717) is 102 Å². The summed E-state index contributed by atoms with van der Waals surface area (Å²) in [5.74, 6) is -0.272. The second-order valence-corrected chi connectivity index (χ2v) is 8.33. The monoisotopic (exact) mass is 496 g/mol. The summed E-state index contributed by atoms with van der Waals surface area (Å²) in [5.41, 5.74) is 2.09. The highest BCUT2D eigenvalue weighted by atomic mass is 16.5. The van der Waals surface area contributed by atoms with Crippen molar-refractivity contribution in [3.05, 3.63) is 59.7 Å². The zero-order valence-corrected chi connectivity index (χ0v) is 20.3. The third kappa shape index (κ3) is 7.66. The first kappa shape index (κ1) is 25.9. The van der Waals surface area contributed by atoms with Gasteiger partial charge in [-0.15, -0.1) is 0 Å². The first-order chi connectivity index (χ1) is 17.7. The predicted molar refractivity (Wildman–Crippen MR) is 132 cm³/mol. The fraction of sp³-hybridized carbons (Fsp3) is 0.462. The molecule has 3 aliphatic rings. The SMILES string of the molecule is O=C1c2cccc(c2)N=Nc2cccc(c2)C(=O)N2CCOCCOCCN1CCOCCOCC2. The maximum absolute atomic E-state index is 13.3. The van der Waals surface area contributed by atoms with Crippen LogP contribution in [0.4, 0.5) is 11.4 Å². The summed E-state index contributed by atoms with van der Waals surface area (Å²) in [7, 11) is 0. The van der Waals surface area contributed by atoms with Crippen molar-refractivity contribution in [1.29, 1.82) is 0 Å². The minimum atomic E-state index is -0.136. The molecule has 10 nitrogen and oxygen atoms in total. The van der Waals surface area contributed by atoms with E-state index in [2.05, 4.69) is 10.2 Å². The molecule has 192 valence electrons. The molecular weight excluding hydrogens is 464 g/mol. The van der Waals surface area contributed by atoms with E-state index in [4.69, 9.17) is 18.9 Å². The van der Waals surface area contributed by atoms with Gasteiger partial charge in [0.1, 0.15) is 0 Å². The van der Waals surface area contributed by atoms with E-state index in [1.807, 2.05) is 0 Å². The zero-order chi connectivity index (χ0) is 25.0. The Kier molecular flexibility index (Phi) is 9.92. The van der Waals surface area contributed by atoms with Gasteiger partial charge in [-0.05, 0) is 36.4 Å². The molecule has 0 aliphatic carbocycles. The van der Waals surface area contributed by atoms with Gasteiger partial charge in [-0.1, -0.05) is 12.1 Å². The van der Waals surface area contributed by atoms with E-state index < -0.39 is 0 Å². The third-order valence-corrected chi connectivity index (χ3v) is 5.81. The van der Waals surface area contributed by atoms with E-state index in [9.17, 15) is 9.59 Å². The van der Waals surface area contributed by atoms with Crippen LogP contribution in [0.2, 0.25) is 0 Å². The van der Waals surface area contributed by atoms with E-state index in [1.165, 1.54) is 0 Å². The quantitative estimate of drug-likeness (QED) is 0.556. The van der Waals surface area contributed by atoms with Gasteiger partial charge in [0.2, 0.25) is 0 Å². The van der Waals surface area contributed by atoms with Crippen molar-refractivity contribution in [2.24, 2.45) is 10.2 Å². The van der Waals surface area contributed by atoms with Gasteiger partial charge >= 0.3 is 0 Å².